The molecule has 3 fully saturated rings. The third kappa shape index (κ3) is 1.11. The molecule has 3 rings (SSSR count). The van der Waals surface area contributed by atoms with Gasteiger partial charge in [-0.3, -0.25) is 4.79 Å². The van der Waals surface area contributed by atoms with E-state index in [4.69, 9.17) is 4.74 Å². The van der Waals surface area contributed by atoms with E-state index in [0.717, 1.165) is 18.4 Å². The molecule has 0 aromatic carbocycles. The molecule has 1 aliphatic heterocycles. The molecule has 5 atom stereocenters. The first kappa shape index (κ1) is 8.72. The first-order valence-electron chi connectivity index (χ1n) is 5.67. The summed E-state index contributed by atoms with van der Waals surface area (Å²) in [5.41, 5.74) is 0. The molecule has 1 N–H and O–H groups in total. The summed E-state index contributed by atoms with van der Waals surface area (Å²) in [5.74, 6) is 2.24. The molecule has 0 spiro atoms. The lowest BCUT2D eigenvalue weighted by Gasteiger charge is -2.28. The highest BCUT2D eigenvalue weighted by atomic mass is 16.5. The lowest BCUT2D eigenvalue weighted by Crippen LogP contribution is -2.44. The Bertz CT molecular complexity index is 266. The molecule has 78 valence electrons. The van der Waals surface area contributed by atoms with E-state index < -0.39 is 0 Å². The van der Waals surface area contributed by atoms with E-state index >= 15 is 0 Å². The zero-order valence-corrected chi connectivity index (χ0v) is 8.53. The van der Waals surface area contributed by atoms with Gasteiger partial charge in [-0.25, -0.2) is 0 Å². The molecule has 3 aliphatic rings. The molecule has 1 heterocycles. The third-order valence-electron chi connectivity index (χ3n) is 4.31. The quantitative estimate of drug-likeness (QED) is 0.624. The van der Waals surface area contributed by atoms with Crippen LogP contribution in [-0.4, -0.2) is 24.7 Å². The number of nitrogens with one attached hydrogen (secondary N) is 1. The summed E-state index contributed by atoms with van der Waals surface area (Å²) >= 11 is 0. The van der Waals surface area contributed by atoms with Crippen molar-refractivity contribution in [3.8, 4) is 0 Å². The second-order valence-corrected chi connectivity index (χ2v) is 5.01. The monoisotopic (exact) mass is 195 g/mol. The smallest absolute Gasteiger partial charge is 0.249 e. The number of carbonyl (C=O) groups is 1. The van der Waals surface area contributed by atoms with E-state index in [2.05, 4.69) is 5.32 Å². The molecule has 2 saturated carbocycles. The van der Waals surface area contributed by atoms with Crippen molar-refractivity contribution in [1.29, 1.82) is 0 Å². The van der Waals surface area contributed by atoms with Gasteiger partial charge in [-0.1, -0.05) is 0 Å². The van der Waals surface area contributed by atoms with Crippen LogP contribution in [0.5, 0.6) is 0 Å². The summed E-state index contributed by atoms with van der Waals surface area (Å²) in [5, 5.41) is 3.16. The summed E-state index contributed by atoms with van der Waals surface area (Å²) in [6.07, 6.45) is 3.72. The number of fused-ring (bicyclic) bond motifs is 5. The van der Waals surface area contributed by atoms with Crippen molar-refractivity contribution in [2.24, 2.45) is 17.8 Å². The van der Waals surface area contributed by atoms with Gasteiger partial charge in [0.05, 0.1) is 6.61 Å². The van der Waals surface area contributed by atoms with Gasteiger partial charge in [0, 0.05) is 12.0 Å². The lowest BCUT2D eigenvalue weighted by atomic mass is 9.85. The van der Waals surface area contributed by atoms with Crippen molar-refractivity contribution in [1.82, 2.24) is 5.32 Å². The number of hydrogen-bond acceptors (Lipinski definition) is 2. The Morgan fingerprint density at radius 2 is 2.14 bits per heavy atom. The van der Waals surface area contributed by atoms with Gasteiger partial charge in [0.2, 0.25) is 5.91 Å². The Morgan fingerprint density at radius 1 is 1.36 bits per heavy atom. The molecule has 2 aliphatic carbocycles. The van der Waals surface area contributed by atoms with Crippen LogP contribution in [0, 0.1) is 17.8 Å². The summed E-state index contributed by atoms with van der Waals surface area (Å²) < 4.78 is 5.57. The molecule has 1 unspecified atom stereocenters. The van der Waals surface area contributed by atoms with E-state index in [1.165, 1.54) is 19.3 Å². The number of rotatable bonds is 0. The number of ether oxygens (including phenoxy) is 1. The molecule has 0 aromatic heterocycles. The van der Waals surface area contributed by atoms with Crippen LogP contribution in [0.3, 0.4) is 0 Å². The predicted molar refractivity (Wildman–Crippen MR) is 51.7 cm³/mol. The summed E-state index contributed by atoms with van der Waals surface area (Å²) in [7, 11) is 0. The maximum atomic E-state index is 11.6. The number of hydrogen-bond donors (Lipinski definition) is 1. The van der Waals surface area contributed by atoms with Crippen LogP contribution in [0.1, 0.15) is 26.2 Å². The average Bonchev–Trinajstić information content (AvgIpc) is 2.71. The summed E-state index contributed by atoms with van der Waals surface area (Å²) in [6, 6.07) is 0.422. The third-order valence-corrected chi connectivity index (χ3v) is 4.31. The van der Waals surface area contributed by atoms with Crippen LogP contribution in [0.25, 0.3) is 0 Å². The van der Waals surface area contributed by atoms with Crippen LogP contribution in [0.15, 0.2) is 0 Å². The molecule has 0 aromatic rings. The van der Waals surface area contributed by atoms with E-state index in [1.807, 2.05) is 6.92 Å². The first-order chi connectivity index (χ1) is 6.75. The SMILES string of the molecule is CC1OC[C@H]2[C@@H]3CC[C@@H](C3)[C@H]2NC1=O. The molecule has 0 radical (unpaired) electrons. The molecular formula is C11H17NO2. The normalized spacial score (nSPS) is 51.2. The minimum Gasteiger partial charge on any atom is -0.368 e. The van der Waals surface area contributed by atoms with Gasteiger partial charge in [0.1, 0.15) is 6.10 Å². The Hall–Kier alpha value is -0.570. The molecule has 2 bridgehead atoms. The minimum atomic E-state index is -0.250. The van der Waals surface area contributed by atoms with Gasteiger partial charge in [-0.15, -0.1) is 0 Å². The van der Waals surface area contributed by atoms with Crippen molar-refractivity contribution in [2.75, 3.05) is 6.61 Å². The Balaban J connectivity index is 1.83. The van der Waals surface area contributed by atoms with Crippen LogP contribution < -0.4 is 5.32 Å². The van der Waals surface area contributed by atoms with Gasteiger partial charge in [0.15, 0.2) is 0 Å². The van der Waals surface area contributed by atoms with E-state index in [9.17, 15) is 4.79 Å². The van der Waals surface area contributed by atoms with Crippen LogP contribution in [0.4, 0.5) is 0 Å². The van der Waals surface area contributed by atoms with Crippen molar-refractivity contribution >= 4 is 5.91 Å². The Morgan fingerprint density at radius 3 is 3.00 bits per heavy atom. The second kappa shape index (κ2) is 2.96. The molecular weight excluding hydrogens is 178 g/mol. The maximum Gasteiger partial charge on any atom is 0.249 e. The highest BCUT2D eigenvalue weighted by Gasteiger charge is 2.49. The molecule has 3 heteroatoms. The summed E-state index contributed by atoms with van der Waals surface area (Å²) in [4.78, 5) is 11.6. The number of amides is 1. The molecule has 1 saturated heterocycles. The maximum absolute atomic E-state index is 11.6. The van der Waals surface area contributed by atoms with Crippen molar-refractivity contribution < 1.29 is 9.53 Å². The van der Waals surface area contributed by atoms with Crippen molar-refractivity contribution in [2.45, 2.75) is 38.3 Å². The fourth-order valence-corrected chi connectivity index (χ4v) is 3.49. The number of carbonyl (C=O) groups excluding carboxylic acids is 1. The molecule has 1 amide bonds. The van der Waals surface area contributed by atoms with Crippen LogP contribution in [0.2, 0.25) is 0 Å². The zero-order chi connectivity index (χ0) is 9.71. The Labute approximate surface area is 84.2 Å². The summed E-state index contributed by atoms with van der Waals surface area (Å²) in [6.45, 7) is 2.63. The fraction of sp³-hybridized carbons (Fsp3) is 0.909. The van der Waals surface area contributed by atoms with Gasteiger partial charge < -0.3 is 10.1 Å². The van der Waals surface area contributed by atoms with Gasteiger partial charge in [-0.2, -0.15) is 0 Å². The molecule has 3 nitrogen and oxygen atoms in total. The van der Waals surface area contributed by atoms with Gasteiger partial charge in [0.25, 0.3) is 0 Å². The lowest BCUT2D eigenvalue weighted by molar-refractivity contribution is -0.130. The predicted octanol–water partition coefficient (Wildman–Crippen LogP) is 0.936. The topological polar surface area (TPSA) is 38.3 Å². The van der Waals surface area contributed by atoms with Crippen molar-refractivity contribution in [3.05, 3.63) is 0 Å². The second-order valence-electron chi connectivity index (χ2n) is 5.01. The van der Waals surface area contributed by atoms with Crippen LogP contribution >= 0.6 is 0 Å². The first-order valence-corrected chi connectivity index (χ1v) is 5.67. The minimum absolute atomic E-state index is 0.0880. The van der Waals surface area contributed by atoms with Crippen molar-refractivity contribution in [3.63, 3.8) is 0 Å². The fourth-order valence-electron chi connectivity index (χ4n) is 3.49. The zero-order valence-electron chi connectivity index (χ0n) is 8.53. The van der Waals surface area contributed by atoms with E-state index in [-0.39, 0.29) is 12.0 Å². The Kier molecular flexibility index (Phi) is 1.84. The average molecular weight is 195 g/mol. The van der Waals surface area contributed by atoms with E-state index in [1.54, 1.807) is 0 Å². The molecule has 14 heavy (non-hydrogen) atoms. The standard InChI is InChI=1S/C11H17NO2/c1-6-11(13)12-10-8-3-2-7(4-8)9(10)5-14-6/h6-10H,2-5H2,1H3,(H,12,13)/t6?,7-,8+,9+,10-/m1/s1. The van der Waals surface area contributed by atoms with E-state index in [0.29, 0.717) is 12.0 Å². The highest BCUT2D eigenvalue weighted by Crippen LogP contribution is 2.49. The largest absolute Gasteiger partial charge is 0.368 e. The van der Waals surface area contributed by atoms with Crippen LogP contribution in [-0.2, 0) is 9.53 Å². The van der Waals surface area contributed by atoms with Gasteiger partial charge >= 0.3 is 0 Å². The highest BCUT2D eigenvalue weighted by molar-refractivity contribution is 5.81. The van der Waals surface area contributed by atoms with Gasteiger partial charge in [-0.05, 0) is 38.0 Å².